The number of pyridine rings is 1. The Balaban J connectivity index is 1.74. The molecular formula is C26H26N2O. The quantitative estimate of drug-likeness (QED) is 0.370. The van der Waals surface area contributed by atoms with E-state index in [0.717, 1.165) is 52.8 Å². The number of aromatic nitrogens is 2. The van der Waals surface area contributed by atoms with Gasteiger partial charge in [-0.05, 0) is 70.8 Å². The smallest absolute Gasteiger partial charge is 0.174 e. The molecule has 4 rings (SSSR count). The first-order valence-corrected chi connectivity index (χ1v) is 10.4. The van der Waals surface area contributed by atoms with Gasteiger partial charge in [0, 0.05) is 23.5 Å². The van der Waals surface area contributed by atoms with Crippen LogP contribution in [-0.4, -0.2) is 10.1 Å². The van der Waals surface area contributed by atoms with Crippen molar-refractivity contribution in [3.05, 3.63) is 83.8 Å². The summed E-state index contributed by atoms with van der Waals surface area (Å²) in [7, 11) is 0. The molecule has 0 radical (unpaired) electrons. The maximum atomic E-state index is 5.73. The predicted octanol–water partition coefficient (Wildman–Crippen LogP) is 6.76. The fraction of sp³-hybridized carbons (Fsp3) is 0.231. The monoisotopic (exact) mass is 382 g/mol. The highest BCUT2D eigenvalue weighted by molar-refractivity contribution is 5.81. The minimum Gasteiger partial charge on any atom is -0.356 e. The van der Waals surface area contributed by atoms with Crippen LogP contribution in [0.5, 0.6) is 0 Å². The molecule has 2 heterocycles. The van der Waals surface area contributed by atoms with Gasteiger partial charge in [0.15, 0.2) is 5.76 Å². The molecule has 0 aliphatic carbocycles. The van der Waals surface area contributed by atoms with Gasteiger partial charge in [0.1, 0.15) is 0 Å². The highest BCUT2D eigenvalue weighted by atomic mass is 16.5. The summed E-state index contributed by atoms with van der Waals surface area (Å²) in [5.41, 5.74) is 9.77. The summed E-state index contributed by atoms with van der Waals surface area (Å²) < 4.78 is 5.73. The van der Waals surface area contributed by atoms with Crippen LogP contribution in [0.4, 0.5) is 0 Å². The first-order chi connectivity index (χ1) is 14.2. The zero-order valence-corrected chi connectivity index (χ0v) is 17.3. The Morgan fingerprint density at radius 2 is 1.41 bits per heavy atom. The van der Waals surface area contributed by atoms with Gasteiger partial charge in [-0.15, -0.1) is 0 Å². The lowest BCUT2D eigenvalue weighted by atomic mass is 9.91. The molecule has 0 spiro atoms. The van der Waals surface area contributed by atoms with E-state index in [1.54, 1.807) is 6.20 Å². The van der Waals surface area contributed by atoms with E-state index in [1.807, 2.05) is 18.5 Å². The first kappa shape index (κ1) is 19.1. The molecule has 0 unspecified atom stereocenters. The predicted molar refractivity (Wildman–Crippen MR) is 119 cm³/mol. The number of hydrogen-bond donors (Lipinski definition) is 0. The highest BCUT2D eigenvalue weighted by Crippen LogP contribution is 2.35. The van der Waals surface area contributed by atoms with Crippen LogP contribution >= 0.6 is 0 Å². The fourth-order valence-corrected chi connectivity index (χ4v) is 4.04. The third kappa shape index (κ3) is 3.73. The lowest BCUT2D eigenvalue weighted by Crippen LogP contribution is -1.99. The van der Waals surface area contributed by atoms with Crippen LogP contribution in [0.15, 0.2) is 71.6 Å². The third-order valence-corrected chi connectivity index (χ3v) is 5.57. The molecule has 0 N–H and O–H groups in total. The average Bonchev–Trinajstić information content (AvgIpc) is 3.28. The van der Waals surface area contributed by atoms with Gasteiger partial charge in [0.2, 0.25) is 0 Å². The van der Waals surface area contributed by atoms with Gasteiger partial charge in [-0.1, -0.05) is 56.3 Å². The van der Waals surface area contributed by atoms with Crippen molar-refractivity contribution >= 4 is 0 Å². The van der Waals surface area contributed by atoms with E-state index in [2.05, 4.69) is 73.4 Å². The topological polar surface area (TPSA) is 38.9 Å². The molecular weight excluding hydrogens is 356 g/mol. The Morgan fingerprint density at radius 1 is 0.724 bits per heavy atom. The normalized spacial score (nSPS) is 11.0. The summed E-state index contributed by atoms with van der Waals surface area (Å²) in [6, 6.07) is 17.1. The largest absolute Gasteiger partial charge is 0.356 e. The van der Waals surface area contributed by atoms with Crippen molar-refractivity contribution in [3.63, 3.8) is 0 Å². The minimum atomic E-state index is 0.839. The van der Waals surface area contributed by atoms with Gasteiger partial charge in [0.05, 0.1) is 6.20 Å². The SMILES string of the molecule is CCc1cc(-c2oncc2-c2ccc(-c3cccnc3)cc2)cc(CC)c1CC. The van der Waals surface area contributed by atoms with E-state index in [-0.39, 0.29) is 0 Å². The van der Waals surface area contributed by atoms with E-state index in [1.165, 1.54) is 16.7 Å². The van der Waals surface area contributed by atoms with Crippen molar-refractivity contribution in [2.75, 3.05) is 0 Å². The lowest BCUT2D eigenvalue weighted by Gasteiger charge is -2.14. The second-order valence-electron chi connectivity index (χ2n) is 7.22. The number of aryl methyl sites for hydroxylation is 2. The van der Waals surface area contributed by atoms with E-state index >= 15 is 0 Å². The van der Waals surface area contributed by atoms with Crippen LogP contribution in [0.1, 0.15) is 37.5 Å². The number of benzene rings is 2. The standard InChI is InChI=1S/C26H26N2O/c1-4-18-14-23(15-19(5-2)24(18)6-3)26-25(17-28-29-26)21-11-9-20(10-12-21)22-8-7-13-27-16-22/h7-17H,4-6H2,1-3H3. The molecule has 0 aliphatic heterocycles. The summed E-state index contributed by atoms with van der Waals surface area (Å²) in [5.74, 6) is 0.839. The molecule has 0 aliphatic rings. The molecule has 3 nitrogen and oxygen atoms in total. The summed E-state index contributed by atoms with van der Waals surface area (Å²) in [5, 5.41) is 4.12. The summed E-state index contributed by atoms with van der Waals surface area (Å²) in [6.07, 6.45) is 8.60. The molecule has 29 heavy (non-hydrogen) atoms. The second-order valence-corrected chi connectivity index (χ2v) is 7.22. The van der Waals surface area contributed by atoms with Crippen molar-refractivity contribution in [2.24, 2.45) is 0 Å². The number of rotatable bonds is 6. The van der Waals surface area contributed by atoms with Gasteiger partial charge in [-0.3, -0.25) is 4.98 Å². The Morgan fingerprint density at radius 3 is 2.00 bits per heavy atom. The Kier molecular flexibility index (Phi) is 5.57. The zero-order valence-electron chi connectivity index (χ0n) is 17.3. The van der Waals surface area contributed by atoms with E-state index in [9.17, 15) is 0 Å². The molecule has 146 valence electrons. The molecule has 0 saturated carbocycles. The van der Waals surface area contributed by atoms with Gasteiger partial charge < -0.3 is 4.52 Å². The van der Waals surface area contributed by atoms with Gasteiger partial charge >= 0.3 is 0 Å². The van der Waals surface area contributed by atoms with E-state index < -0.39 is 0 Å². The summed E-state index contributed by atoms with van der Waals surface area (Å²) in [4.78, 5) is 4.21. The van der Waals surface area contributed by atoms with Crippen LogP contribution in [0.2, 0.25) is 0 Å². The highest BCUT2D eigenvalue weighted by Gasteiger charge is 2.16. The third-order valence-electron chi connectivity index (χ3n) is 5.57. The molecule has 2 aromatic heterocycles. The number of nitrogens with zero attached hydrogens (tertiary/aromatic N) is 2. The first-order valence-electron chi connectivity index (χ1n) is 10.4. The zero-order chi connectivity index (χ0) is 20.2. The summed E-state index contributed by atoms with van der Waals surface area (Å²) >= 11 is 0. The fourth-order valence-electron chi connectivity index (χ4n) is 4.04. The Hall–Kier alpha value is -3.20. The van der Waals surface area contributed by atoms with Gasteiger partial charge in [0.25, 0.3) is 0 Å². The van der Waals surface area contributed by atoms with Crippen LogP contribution in [-0.2, 0) is 19.3 Å². The Labute approximate surface area is 172 Å². The Bertz CT molecular complexity index is 1070. The number of hydrogen-bond acceptors (Lipinski definition) is 3. The molecule has 0 fully saturated rings. The van der Waals surface area contributed by atoms with Crippen molar-refractivity contribution in [1.29, 1.82) is 0 Å². The van der Waals surface area contributed by atoms with Crippen LogP contribution in [0.25, 0.3) is 33.6 Å². The maximum absolute atomic E-state index is 5.73. The van der Waals surface area contributed by atoms with Crippen molar-refractivity contribution in [1.82, 2.24) is 10.1 Å². The summed E-state index contributed by atoms with van der Waals surface area (Å²) in [6.45, 7) is 6.67. The van der Waals surface area contributed by atoms with Crippen molar-refractivity contribution < 1.29 is 4.52 Å². The minimum absolute atomic E-state index is 0.839. The average molecular weight is 383 g/mol. The van der Waals surface area contributed by atoms with Crippen molar-refractivity contribution in [2.45, 2.75) is 40.0 Å². The van der Waals surface area contributed by atoms with Crippen LogP contribution in [0.3, 0.4) is 0 Å². The lowest BCUT2D eigenvalue weighted by molar-refractivity contribution is 0.432. The molecule has 0 bridgehead atoms. The van der Waals surface area contributed by atoms with Crippen LogP contribution < -0.4 is 0 Å². The molecule has 0 amide bonds. The molecule has 0 saturated heterocycles. The van der Waals surface area contributed by atoms with E-state index in [4.69, 9.17) is 4.52 Å². The molecule has 0 atom stereocenters. The molecule has 2 aromatic carbocycles. The van der Waals surface area contributed by atoms with Gasteiger partial charge in [-0.25, -0.2) is 0 Å². The molecule has 3 heteroatoms. The van der Waals surface area contributed by atoms with E-state index in [0.29, 0.717) is 0 Å². The van der Waals surface area contributed by atoms with Crippen LogP contribution in [0, 0.1) is 0 Å². The second kappa shape index (κ2) is 8.44. The van der Waals surface area contributed by atoms with Gasteiger partial charge in [-0.2, -0.15) is 0 Å². The van der Waals surface area contributed by atoms with Crippen molar-refractivity contribution in [3.8, 4) is 33.6 Å². The maximum Gasteiger partial charge on any atom is 0.174 e. The molecule has 4 aromatic rings.